The highest BCUT2D eigenvalue weighted by Gasteiger charge is 2.11. The fraction of sp³-hybridized carbons (Fsp3) is 0.455. The molecule has 1 unspecified atom stereocenters. The van der Waals surface area contributed by atoms with E-state index in [0.29, 0.717) is 18.1 Å². The van der Waals surface area contributed by atoms with Gasteiger partial charge in [0, 0.05) is 25.0 Å². The van der Waals surface area contributed by atoms with E-state index in [1.54, 1.807) is 12.4 Å². The summed E-state index contributed by atoms with van der Waals surface area (Å²) in [4.78, 5) is 8.47. The van der Waals surface area contributed by atoms with Crippen LogP contribution in [0.4, 0.5) is 11.6 Å². The minimum absolute atomic E-state index is 0.151. The van der Waals surface area contributed by atoms with Gasteiger partial charge in [-0.15, -0.1) is 0 Å². The third-order valence-electron chi connectivity index (χ3n) is 2.70. The molecule has 6 heteroatoms. The van der Waals surface area contributed by atoms with Crippen molar-refractivity contribution in [2.24, 2.45) is 0 Å². The number of anilines is 2. The van der Waals surface area contributed by atoms with Gasteiger partial charge in [-0.05, 0) is 12.8 Å². The van der Waals surface area contributed by atoms with Crippen molar-refractivity contribution >= 4 is 17.3 Å². The number of nitrogens with one attached hydrogen (secondary N) is 1. The molecule has 2 rings (SSSR count). The lowest BCUT2D eigenvalue weighted by Gasteiger charge is -2.16. The Bertz CT molecular complexity index is 496. The molecule has 6 nitrogen and oxygen atoms in total. The number of nitrogen functional groups attached to an aromatic ring is 1. The number of aliphatic hydroxyl groups excluding tert-OH is 1. The Labute approximate surface area is 99.5 Å². The van der Waals surface area contributed by atoms with Crippen LogP contribution in [-0.2, 0) is 0 Å². The Hall–Kier alpha value is -1.82. The fourth-order valence-corrected chi connectivity index (χ4v) is 1.78. The topological polar surface area (TPSA) is 88.5 Å². The number of rotatable bonds is 5. The van der Waals surface area contributed by atoms with Crippen LogP contribution in [0.1, 0.15) is 19.8 Å². The second-order valence-electron chi connectivity index (χ2n) is 3.93. The Morgan fingerprint density at radius 3 is 3.12 bits per heavy atom. The second kappa shape index (κ2) is 5.01. The Morgan fingerprint density at radius 2 is 2.41 bits per heavy atom. The van der Waals surface area contributed by atoms with Crippen molar-refractivity contribution < 1.29 is 5.11 Å². The number of aliphatic hydroxyl groups is 1. The molecule has 0 bridgehead atoms. The highest BCUT2D eigenvalue weighted by atomic mass is 16.3. The molecule has 0 aromatic carbocycles. The Kier molecular flexibility index (Phi) is 3.43. The van der Waals surface area contributed by atoms with Crippen molar-refractivity contribution in [3.63, 3.8) is 0 Å². The van der Waals surface area contributed by atoms with E-state index in [0.717, 1.165) is 12.1 Å². The minimum atomic E-state index is 0.151. The predicted molar refractivity (Wildman–Crippen MR) is 66.8 cm³/mol. The van der Waals surface area contributed by atoms with E-state index in [9.17, 15) is 0 Å². The van der Waals surface area contributed by atoms with Gasteiger partial charge in [0.15, 0.2) is 11.5 Å². The lowest BCUT2D eigenvalue weighted by Crippen LogP contribution is -2.21. The molecule has 1 atom stereocenters. The fourth-order valence-electron chi connectivity index (χ4n) is 1.78. The van der Waals surface area contributed by atoms with E-state index in [1.807, 2.05) is 10.6 Å². The van der Waals surface area contributed by atoms with Crippen LogP contribution in [0.5, 0.6) is 0 Å². The molecule has 0 aliphatic rings. The smallest absolute Gasteiger partial charge is 0.180 e. The summed E-state index contributed by atoms with van der Waals surface area (Å²) in [6.45, 7) is 2.21. The molecule has 0 fully saturated rings. The quantitative estimate of drug-likeness (QED) is 0.716. The standard InChI is InChI=1S/C11H17N5O/c1-2-8(3-6-17)14-10-11-13-4-5-16(11)7-9(12)15-10/h4-5,7-8,17H,2-3,6,12H2,1H3,(H,14,15). The van der Waals surface area contributed by atoms with E-state index in [1.165, 1.54) is 0 Å². The van der Waals surface area contributed by atoms with Crippen LogP contribution in [0.25, 0.3) is 5.65 Å². The molecule has 0 saturated heterocycles. The molecule has 4 N–H and O–H groups in total. The minimum Gasteiger partial charge on any atom is -0.396 e. The number of hydrogen-bond donors (Lipinski definition) is 3. The molecule has 0 radical (unpaired) electrons. The molecule has 0 saturated carbocycles. The number of hydrogen-bond acceptors (Lipinski definition) is 5. The SMILES string of the molecule is CCC(CCO)Nc1nc(N)cn2ccnc12. The molecule has 2 heterocycles. The maximum Gasteiger partial charge on any atom is 0.180 e. The second-order valence-corrected chi connectivity index (χ2v) is 3.93. The lowest BCUT2D eigenvalue weighted by molar-refractivity contribution is 0.278. The van der Waals surface area contributed by atoms with Crippen LogP contribution < -0.4 is 11.1 Å². The van der Waals surface area contributed by atoms with Gasteiger partial charge in [-0.25, -0.2) is 9.97 Å². The number of aromatic nitrogens is 3. The van der Waals surface area contributed by atoms with E-state index >= 15 is 0 Å². The number of nitrogens with zero attached hydrogens (tertiary/aromatic N) is 3. The van der Waals surface area contributed by atoms with Crippen molar-refractivity contribution in [3.8, 4) is 0 Å². The molecule has 2 aromatic heterocycles. The molecular weight excluding hydrogens is 218 g/mol. The van der Waals surface area contributed by atoms with Crippen molar-refractivity contribution in [3.05, 3.63) is 18.6 Å². The van der Waals surface area contributed by atoms with E-state index in [2.05, 4.69) is 22.2 Å². The summed E-state index contributed by atoms with van der Waals surface area (Å²) < 4.78 is 1.83. The van der Waals surface area contributed by atoms with Gasteiger partial charge in [0.1, 0.15) is 5.82 Å². The van der Waals surface area contributed by atoms with Gasteiger partial charge in [0.25, 0.3) is 0 Å². The van der Waals surface area contributed by atoms with Crippen molar-refractivity contribution in [1.29, 1.82) is 0 Å². The Balaban J connectivity index is 2.30. The van der Waals surface area contributed by atoms with Crippen LogP contribution in [0.3, 0.4) is 0 Å². The third-order valence-corrected chi connectivity index (χ3v) is 2.70. The summed E-state index contributed by atoms with van der Waals surface area (Å²) in [5, 5.41) is 12.2. The maximum absolute atomic E-state index is 8.97. The molecule has 92 valence electrons. The average molecular weight is 235 g/mol. The first-order chi connectivity index (χ1) is 8.24. The lowest BCUT2D eigenvalue weighted by atomic mass is 10.1. The molecule has 0 aliphatic carbocycles. The summed E-state index contributed by atoms with van der Waals surface area (Å²) in [5.41, 5.74) is 6.47. The van der Waals surface area contributed by atoms with Gasteiger partial charge in [-0.3, -0.25) is 0 Å². The first-order valence-electron chi connectivity index (χ1n) is 5.71. The average Bonchev–Trinajstić information content (AvgIpc) is 2.76. The summed E-state index contributed by atoms with van der Waals surface area (Å²) in [6, 6.07) is 0.176. The van der Waals surface area contributed by atoms with Gasteiger partial charge in [0.05, 0.1) is 6.20 Å². The zero-order chi connectivity index (χ0) is 12.3. The van der Waals surface area contributed by atoms with Gasteiger partial charge in [-0.2, -0.15) is 0 Å². The number of nitrogens with two attached hydrogens (primary N) is 1. The largest absolute Gasteiger partial charge is 0.396 e. The summed E-state index contributed by atoms with van der Waals surface area (Å²) >= 11 is 0. The van der Waals surface area contributed by atoms with Crippen molar-refractivity contribution in [2.45, 2.75) is 25.8 Å². The number of imidazole rings is 1. The predicted octanol–water partition coefficient (Wildman–Crippen LogP) is 0.884. The van der Waals surface area contributed by atoms with E-state index < -0.39 is 0 Å². The molecule has 2 aromatic rings. The molecule has 0 amide bonds. The Morgan fingerprint density at radius 1 is 1.59 bits per heavy atom. The molecular formula is C11H17N5O. The monoisotopic (exact) mass is 235 g/mol. The maximum atomic E-state index is 8.97. The summed E-state index contributed by atoms with van der Waals surface area (Å²) in [7, 11) is 0. The zero-order valence-electron chi connectivity index (χ0n) is 9.80. The van der Waals surface area contributed by atoms with Crippen LogP contribution in [0.15, 0.2) is 18.6 Å². The highest BCUT2D eigenvalue weighted by Crippen LogP contribution is 2.17. The normalized spacial score (nSPS) is 12.8. The van der Waals surface area contributed by atoms with Crippen LogP contribution >= 0.6 is 0 Å². The van der Waals surface area contributed by atoms with Gasteiger partial charge in [0.2, 0.25) is 0 Å². The first kappa shape index (κ1) is 11.7. The van der Waals surface area contributed by atoms with Crippen molar-refractivity contribution in [1.82, 2.24) is 14.4 Å². The highest BCUT2D eigenvalue weighted by molar-refractivity contribution is 5.65. The summed E-state index contributed by atoms with van der Waals surface area (Å²) in [6.07, 6.45) is 6.84. The third kappa shape index (κ3) is 2.47. The van der Waals surface area contributed by atoms with E-state index in [-0.39, 0.29) is 12.6 Å². The zero-order valence-corrected chi connectivity index (χ0v) is 9.80. The van der Waals surface area contributed by atoms with E-state index in [4.69, 9.17) is 10.8 Å². The van der Waals surface area contributed by atoms with Gasteiger partial charge < -0.3 is 20.6 Å². The first-order valence-corrected chi connectivity index (χ1v) is 5.71. The number of fused-ring (bicyclic) bond motifs is 1. The summed E-state index contributed by atoms with van der Waals surface area (Å²) in [5.74, 6) is 1.10. The van der Waals surface area contributed by atoms with Crippen molar-refractivity contribution in [2.75, 3.05) is 17.7 Å². The van der Waals surface area contributed by atoms with Gasteiger partial charge in [-0.1, -0.05) is 6.92 Å². The van der Waals surface area contributed by atoms with Crippen LogP contribution in [0, 0.1) is 0 Å². The molecule has 0 aliphatic heterocycles. The van der Waals surface area contributed by atoms with Crippen LogP contribution in [0.2, 0.25) is 0 Å². The molecule has 0 spiro atoms. The van der Waals surface area contributed by atoms with Gasteiger partial charge >= 0.3 is 0 Å². The molecule has 17 heavy (non-hydrogen) atoms. The van der Waals surface area contributed by atoms with Crippen LogP contribution in [-0.4, -0.2) is 32.1 Å².